The molecule has 70 valence electrons. The van der Waals surface area contributed by atoms with E-state index in [2.05, 4.69) is 0 Å². The first-order valence-electron chi connectivity index (χ1n) is 3.75. The first-order chi connectivity index (χ1) is 6.13. The van der Waals surface area contributed by atoms with Crippen LogP contribution in [0.5, 0.6) is 5.75 Å². The smallest absolute Gasteiger partial charge is 0.308 e. The highest BCUT2D eigenvalue weighted by molar-refractivity contribution is 7.98. The molecule has 0 unspecified atom stereocenters. The number of esters is 1. The monoisotopic (exact) mass is 197 g/mol. The molecule has 0 aliphatic rings. The van der Waals surface area contributed by atoms with Gasteiger partial charge in [-0.1, -0.05) is 0 Å². The Morgan fingerprint density at radius 1 is 1.54 bits per heavy atom. The van der Waals surface area contributed by atoms with Crippen LogP contribution >= 0.6 is 11.8 Å². The number of hydrogen-bond donors (Lipinski definition) is 1. The molecule has 0 saturated heterocycles. The van der Waals surface area contributed by atoms with Gasteiger partial charge in [-0.25, -0.2) is 0 Å². The van der Waals surface area contributed by atoms with E-state index >= 15 is 0 Å². The number of carbonyl (C=O) groups excluding carboxylic acids is 1. The van der Waals surface area contributed by atoms with Crippen LogP contribution in [0.15, 0.2) is 23.1 Å². The Morgan fingerprint density at radius 3 is 2.69 bits per heavy atom. The Labute approximate surface area is 81.3 Å². The average Bonchev–Trinajstić information content (AvgIpc) is 2.03. The highest BCUT2D eigenvalue weighted by Gasteiger charge is 2.01. The molecule has 0 saturated carbocycles. The third-order valence-corrected chi connectivity index (χ3v) is 2.27. The van der Waals surface area contributed by atoms with Crippen molar-refractivity contribution in [2.75, 3.05) is 12.0 Å². The first kappa shape index (κ1) is 9.92. The standard InChI is InChI=1S/C9H11NO2S/c1-6(11)12-7-3-4-9(13-2)8(10)5-7/h3-5H,10H2,1-2H3. The lowest BCUT2D eigenvalue weighted by Gasteiger charge is -2.05. The average molecular weight is 197 g/mol. The molecular formula is C9H11NO2S. The van der Waals surface area contributed by atoms with Crippen molar-refractivity contribution in [3.05, 3.63) is 18.2 Å². The zero-order chi connectivity index (χ0) is 9.84. The number of thioether (sulfide) groups is 1. The predicted molar refractivity (Wildman–Crippen MR) is 53.9 cm³/mol. The second-order valence-corrected chi connectivity index (χ2v) is 3.35. The van der Waals surface area contributed by atoms with E-state index in [9.17, 15) is 4.79 Å². The number of nitrogens with two attached hydrogens (primary N) is 1. The summed E-state index contributed by atoms with van der Waals surface area (Å²) in [6.45, 7) is 1.36. The molecule has 0 radical (unpaired) electrons. The summed E-state index contributed by atoms with van der Waals surface area (Å²) in [7, 11) is 0. The Balaban J connectivity index is 2.89. The normalized spacial score (nSPS) is 9.69. The van der Waals surface area contributed by atoms with Gasteiger partial charge in [0, 0.05) is 23.6 Å². The number of anilines is 1. The summed E-state index contributed by atoms with van der Waals surface area (Å²) in [5, 5.41) is 0. The van der Waals surface area contributed by atoms with E-state index < -0.39 is 0 Å². The molecule has 0 heterocycles. The van der Waals surface area contributed by atoms with Gasteiger partial charge in [0.1, 0.15) is 5.75 Å². The SMILES string of the molecule is CSc1ccc(OC(C)=O)cc1N. The minimum atomic E-state index is -0.337. The van der Waals surface area contributed by atoms with Gasteiger partial charge >= 0.3 is 5.97 Å². The molecule has 0 bridgehead atoms. The van der Waals surface area contributed by atoms with Crippen molar-refractivity contribution in [2.45, 2.75) is 11.8 Å². The van der Waals surface area contributed by atoms with Crippen LogP contribution in [0.1, 0.15) is 6.92 Å². The molecule has 0 aliphatic carbocycles. The molecule has 0 fully saturated rings. The third kappa shape index (κ3) is 2.66. The number of rotatable bonds is 2. The van der Waals surface area contributed by atoms with Crippen molar-refractivity contribution in [1.82, 2.24) is 0 Å². The van der Waals surface area contributed by atoms with Crippen LogP contribution in [-0.2, 0) is 4.79 Å². The van der Waals surface area contributed by atoms with Gasteiger partial charge in [0.25, 0.3) is 0 Å². The lowest BCUT2D eigenvalue weighted by Crippen LogP contribution is -2.01. The zero-order valence-corrected chi connectivity index (χ0v) is 8.35. The van der Waals surface area contributed by atoms with Gasteiger partial charge < -0.3 is 10.5 Å². The second kappa shape index (κ2) is 4.18. The molecule has 1 aromatic rings. The van der Waals surface area contributed by atoms with Crippen LogP contribution in [0.2, 0.25) is 0 Å². The largest absolute Gasteiger partial charge is 0.427 e. The van der Waals surface area contributed by atoms with E-state index in [1.807, 2.05) is 12.3 Å². The van der Waals surface area contributed by atoms with Crippen molar-refractivity contribution >= 4 is 23.4 Å². The van der Waals surface area contributed by atoms with Gasteiger partial charge in [-0.3, -0.25) is 4.79 Å². The minimum Gasteiger partial charge on any atom is -0.427 e. The first-order valence-corrected chi connectivity index (χ1v) is 4.98. The number of hydrogen-bond acceptors (Lipinski definition) is 4. The van der Waals surface area contributed by atoms with Crippen LogP contribution in [0.4, 0.5) is 5.69 Å². The van der Waals surface area contributed by atoms with Crippen LogP contribution in [0.3, 0.4) is 0 Å². The summed E-state index contributed by atoms with van der Waals surface area (Å²) >= 11 is 1.56. The molecular weight excluding hydrogens is 186 g/mol. The fourth-order valence-corrected chi connectivity index (χ4v) is 1.44. The van der Waals surface area contributed by atoms with E-state index in [4.69, 9.17) is 10.5 Å². The Kier molecular flexibility index (Phi) is 3.19. The number of ether oxygens (including phenoxy) is 1. The Hall–Kier alpha value is -1.16. The molecule has 3 nitrogen and oxygen atoms in total. The van der Waals surface area contributed by atoms with Crippen molar-refractivity contribution in [3.63, 3.8) is 0 Å². The summed E-state index contributed by atoms with van der Waals surface area (Å²) < 4.78 is 4.87. The minimum absolute atomic E-state index is 0.337. The van der Waals surface area contributed by atoms with Gasteiger partial charge in [-0.2, -0.15) is 0 Å². The molecule has 4 heteroatoms. The van der Waals surface area contributed by atoms with Crippen molar-refractivity contribution in [2.24, 2.45) is 0 Å². The molecule has 0 atom stereocenters. The fourth-order valence-electron chi connectivity index (χ4n) is 0.942. The molecule has 0 amide bonds. The third-order valence-electron chi connectivity index (χ3n) is 1.46. The van der Waals surface area contributed by atoms with E-state index in [1.165, 1.54) is 6.92 Å². The quantitative estimate of drug-likeness (QED) is 0.340. The maximum atomic E-state index is 10.6. The van der Waals surface area contributed by atoms with Crippen LogP contribution < -0.4 is 10.5 Å². The van der Waals surface area contributed by atoms with Gasteiger partial charge in [0.15, 0.2) is 0 Å². The number of nitrogen functional groups attached to an aromatic ring is 1. The maximum absolute atomic E-state index is 10.6. The molecule has 0 spiro atoms. The Bertz CT molecular complexity index is 325. The molecule has 0 aliphatic heterocycles. The summed E-state index contributed by atoms with van der Waals surface area (Å²) in [6.07, 6.45) is 1.94. The summed E-state index contributed by atoms with van der Waals surface area (Å²) in [6, 6.07) is 5.20. The zero-order valence-electron chi connectivity index (χ0n) is 7.53. The second-order valence-electron chi connectivity index (χ2n) is 2.50. The lowest BCUT2D eigenvalue weighted by atomic mass is 10.3. The van der Waals surface area contributed by atoms with Crippen molar-refractivity contribution < 1.29 is 9.53 Å². The van der Waals surface area contributed by atoms with Crippen LogP contribution in [-0.4, -0.2) is 12.2 Å². The molecule has 1 aromatic carbocycles. The highest BCUT2D eigenvalue weighted by Crippen LogP contribution is 2.26. The van der Waals surface area contributed by atoms with E-state index in [0.29, 0.717) is 11.4 Å². The summed E-state index contributed by atoms with van der Waals surface area (Å²) in [4.78, 5) is 11.6. The van der Waals surface area contributed by atoms with E-state index in [0.717, 1.165) is 4.90 Å². The van der Waals surface area contributed by atoms with Gasteiger partial charge in [0.05, 0.1) is 0 Å². The van der Waals surface area contributed by atoms with Crippen molar-refractivity contribution in [3.8, 4) is 5.75 Å². The molecule has 1 rings (SSSR count). The topological polar surface area (TPSA) is 52.3 Å². The maximum Gasteiger partial charge on any atom is 0.308 e. The number of carbonyl (C=O) groups is 1. The lowest BCUT2D eigenvalue weighted by molar-refractivity contribution is -0.131. The highest BCUT2D eigenvalue weighted by atomic mass is 32.2. The fraction of sp³-hybridized carbons (Fsp3) is 0.222. The van der Waals surface area contributed by atoms with Crippen molar-refractivity contribution in [1.29, 1.82) is 0 Å². The molecule has 2 N–H and O–H groups in total. The van der Waals surface area contributed by atoms with Gasteiger partial charge in [-0.05, 0) is 18.4 Å². The van der Waals surface area contributed by atoms with E-state index in [1.54, 1.807) is 23.9 Å². The molecule has 13 heavy (non-hydrogen) atoms. The molecule has 0 aromatic heterocycles. The summed E-state index contributed by atoms with van der Waals surface area (Å²) in [5.41, 5.74) is 6.33. The predicted octanol–water partition coefficient (Wildman–Crippen LogP) is 1.92. The summed E-state index contributed by atoms with van der Waals surface area (Å²) in [5.74, 6) is 0.152. The van der Waals surface area contributed by atoms with Crippen LogP contribution in [0.25, 0.3) is 0 Å². The van der Waals surface area contributed by atoms with E-state index in [-0.39, 0.29) is 5.97 Å². The number of benzene rings is 1. The van der Waals surface area contributed by atoms with Crippen LogP contribution in [0, 0.1) is 0 Å². The van der Waals surface area contributed by atoms with Gasteiger partial charge in [-0.15, -0.1) is 11.8 Å². The van der Waals surface area contributed by atoms with Gasteiger partial charge in [0.2, 0.25) is 0 Å². The Morgan fingerprint density at radius 2 is 2.23 bits per heavy atom.